The van der Waals surface area contributed by atoms with Gasteiger partial charge in [-0.05, 0) is 33.7 Å². The van der Waals surface area contributed by atoms with Crippen molar-refractivity contribution >= 4 is 0 Å². The summed E-state index contributed by atoms with van der Waals surface area (Å²) in [4.78, 5) is 0. The number of hydrogen-bond donors (Lipinski definition) is 1. The minimum absolute atomic E-state index is 0.230. The van der Waals surface area contributed by atoms with Gasteiger partial charge in [-0.3, -0.25) is 0 Å². The molecule has 2 rings (SSSR count). The fourth-order valence-electron chi connectivity index (χ4n) is 1.83. The summed E-state index contributed by atoms with van der Waals surface area (Å²) in [6.07, 6.45) is 2.68. The molecular formula is C9H17NO2. The Morgan fingerprint density at radius 2 is 2.00 bits per heavy atom. The number of likely N-dealkylation sites (N-methyl/N-ethyl adjacent to an activating group) is 1. The van der Waals surface area contributed by atoms with Crippen LogP contribution >= 0.6 is 0 Å². The molecule has 2 fully saturated rings. The average Bonchev–Trinajstić information content (AvgIpc) is 2.72. The summed E-state index contributed by atoms with van der Waals surface area (Å²) >= 11 is 0. The maximum atomic E-state index is 5.78. The number of hydrogen-bond acceptors (Lipinski definition) is 3. The van der Waals surface area contributed by atoms with Gasteiger partial charge in [-0.2, -0.15) is 0 Å². The van der Waals surface area contributed by atoms with Crippen LogP contribution in [0.1, 0.15) is 26.7 Å². The Labute approximate surface area is 73.4 Å². The van der Waals surface area contributed by atoms with Crippen LogP contribution < -0.4 is 5.32 Å². The zero-order valence-electron chi connectivity index (χ0n) is 8.02. The zero-order chi connectivity index (χ0) is 8.82. The molecule has 0 aromatic heterocycles. The molecule has 1 heterocycles. The predicted octanol–water partition coefficient (Wildman–Crippen LogP) is 0.890. The van der Waals surface area contributed by atoms with E-state index >= 15 is 0 Å². The topological polar surface area (TPSA) is 30.5 Å². The van der Waals surface area contributed by atoms with Gasteiger partial charge in [-0.15, -0.1) is 0 Å². The molecule has 1 saturated carbocycles. The lowest BCUT2D eigenvalue weighted by atomic mass is 10.1. The highest BCUT2D eigenvalue weighted by Gasteiger charge is 2.53. The van der Waals surface area contributed by atoms with E-state index in [1.807, 2.05) is 20.9 Å². The predicted molar refractivity (Wildman–Crippen MR) is 45.9 cm³/mol. The first-order valence-electron chi connectivity index (χ1n) is 4.59. The maximum Gasteiger partial charge on any atom is 0.163 e. The molecule has 3 heteroatoms. The molecule has 3 nitrogen and oxygen atoms in total. The van der Waals surface area contributed by atoms with Gasteiger partial charge in [-0.1, -0.05) is 0 Å². The highest BCUT2D eigenvalue weighted by atomic mass is 16.7. The maximum absolute atomic E-state index is 5.78. The highest BCUT2D eigenvalue weighted by Crippen LogP contribution is 2.43. The third-order valence-corrected chi connectivity index (χ3v) is 2.91. The van der Waals surface area contributed by atoms with Crippen LogP contribution in [0.25, 0.3) is 0 Å². The molecule has 0 radical (unpaired) electrons. The number of ether oxygens (including phenoxy) is 2. The van der Waals surface area contributed by atoms with Crippen LogP contribution in [0.3, 0.4) is 0 Å². The third kappa shape index (κ3) is 1.26. The van der Waals surface area contributed by atoms with Gasteiger partial charge in [0.1, 0.15) is 6.10 Å². The van der Waals surface area contributed by atoms with Crippen LogP contribution in [-0.4, -0.2) is 31.1 Å². The van der Waals surface area contributed by atoms with Gasteiger partial charge in [0.25, 0.3) is 0 Å². The van der Waals surface area contributed by atoms with Crippen LogP contribution in [0.15, 0.2) is 0 Å². The van der Waals surface area contributed by atoms with Crippen molar-refractivity contribution in [2.45, 2.75) is 44.1 Å². The molecule has 0 amide bonds. The van der Waals surface area contributed by atoms with E-state index in [0.29, 0.717) is 0 Å². The second-order valence-electron chi connectivity index (χ2n) is 4.22. The van der Waals surface area contributed by atoms with E-state index in [1.54, 1.807) is 0 Å². The van der Waals surface area contributed by atoms with E-state index in [4.69, 9.17) is 9.47 Å². The fraction of sp³-hybridized carbons (Fsp3) is 1.00. The standard InChI is InChI=1S/C9H17NO2/c1-8(2)11-6-7(12-8)9(10-3)4-5-9/h7,10H,4-6H2,1-3H3. The van der Waals surface area contributed by atoms with Crippen molar-refractivity contribution in [2.24, 2.45) is 0 Å². The van der Waals surface area contributed by atoms with Crippen molar-refractivity contribution in [2.75, 3.05) is 13.7 Å². The molecular weight excluding hydrogens is 154 g/mol. The molecule has 1 aliphatic heterocycles. The van der Waals surface area contributed by atoms with Gasteiger partial charge in [0.15, 0.2) is 5.79 Å². The minimum Gasteiger partial charge on any atom is -0.348 e. The Bertz CT molecular complexity index is 187. The highest BCUT2D eigenvalue weighted by molar-refractivity contribution is 5.08. The second kappa shape index (κ2) is 2.44. The van der Waals surface area contributed by atoms with Crippen LogP contribution in [0.4, 0.5) is 0 Å². The Morgan fingerprint density at radius 1 is 1.33 bits per heavy atom. The minimum atomic E-state index is -0.378. The Morgan fingerprint density at radius 3 is 2.33 bits per heavy atom. The van der Waals surface area contributed by atoms with Crippen LogP contribution in [0, 0.1) is 0 Å². The third-order valence-electron chi connectivity index (χ3n) is 2.91. The first-order chi connectivity index (χ1) is 5.58. The van der Waals surface area contributed by atoms with E-state index in [0.717, 1.165) is 6.61 Å². The molecule has 2 aliphatic rings. The summed E-state index contributed by atoms with van der Waals surface area (Å²) in [6, 6.07) is 0. The quantitative estimate of drug-likeness (QED) is 0.669. The van der Waals surface area contributed by atoms with Crippen LogP contribution in [-0.2, 0) is 9.47 Å². The SMILES string of the molecule is CNC1(C2COC(C)(C)O2)CC1. The fourth-order valence-corrected chi connectivity index (χ4v) is 1.83. The molecule has 1 unspecified atom stereocenters. The summed E-state index contributed by atoms with van der Waals surface area (Å²) in [6.45, 7) is 4.67. The first-order valence-corrected chi connectivity index (χ1v) is 4.59. The van der Waals surface area contributed by atoms with Crippen LogP contribution in [0.5, 0.6) is 0 Å². The number of nitrogens with one attached hydrogen (secondary N) is 1. The lowest BCUT2D eigenvalue weighted by molar-refractivity contribution is -0.142. The van der Waals surface area contributed by atoms with Crippen molar-refractivity contribution in [3.05, 3.63) is 0 Å². The van der Waals surface area contributed by atoms with Gasteiger partial charge < -0.3 is 14.8 Å². The van der Waals surface area contributed by atoms with Gasteiger partial charge >= 0.3 is 0 Å². The Hall–Kier alpha value is -0.120. The molecule has 1 saturated heterocycles. The van der Waals surface area contributed by atoms with Crippen molar-refractivity contribution in [1.82, 2.24) is 5.32 Å². The van der Waals surface area contributed by atoms with E-state index in [1.165, 1.54) is 12.8 Å². The Kier molecular flexibility index (Phi) is 1.72. The second-order valence-corrected chi connectivity index (χ2v) is 4.22. The molecule has 12 heavy (non-hydrogen) atoms. The van der Waals surface area contributed by atoms with Gasteiger partial charge in [-0.25, -0.2) is 0 Å². The van der Waals surface area contributed by atoms with E-state index < -0.39 is 0 Å². The van der Waals surface area contributed by atoms with Crippen LogP contribution in [0.2, 0.25) is 0 Å². The largest absolute Gasteiger partial charge is 0.348 e. The normalized spacial score (nSPS) is 36.8. The zero-order valence-corrected chi connectivity index (χ0v) is 8.02. The summed E-state index contributed by atoms with van der Waals surface area (Å²) in [5.41, 5.74) is 0.230. The van der Waals surface area contributed by atoms with Gasteiger partial charge in [0.05, 0.1) is 6.61 Å². The van der Waals surface area contributed by atoms with Gasteiger partial charge in [0, 0.05) is 5.54 Å². The van der Waals surface area contributed by atoms with Crippen molar-refractivity contribution in [3.8, 4) is 0 Å². The summed E-state index contributed by atoms with van der Waals surface area (Å²) < 4.78 is 11.3. The summed E-state index contributed by atoms with van der Waals surface area (Å²) in [7, 11) is 2.00. The Balaban J connectivity index is 2.00. The molecule has 1 atom stereocenters. The summed E-state index contributed by atoms with van der Waals surface area (Å²) in [5.74, 6) is -0.378. The smallest absolute Gasteiger partial charge is 0.163 e. The van der Waals surface area contributed by atoms with Crippen molar-refractivity contribution < 1.29 is 9.47 Å². The molecule has 1 aliphatic carbocycles. The van der Waals surface area contributed by atoms with E-state index in [9.17, 15) is 0 Å². The first kappa shape index (κ1) is 8.48. The molecule has 0 spiro atoms. The van der Waals surface area contributed by atoms with E-state index in [-0.39, 0.29) is 17.4 Å². The molecule has 0 aromatic rings. The number of rotatable bonds is 2. The molecule has 0 aromatic carbocycles. The lowest BCUT2D eigenvalue weighted by Gasteiger charge is -2.23. The average molecular weight is 171 g/mol. The lowest BCUT2D eigenvalue weighted by Crippen LogP contribution is -2.42. The van der Waals surface area contributed by atoms with Crippen molar-refractivity contribution in [3.63, 3.8) is 0 Å². The molecule has 70 valence electrons. The summed E-state index contributed by atoms with van der Waals surface area (Å²) in [5, 5.41) is 3.33. The molecule has 1 N–H and O–H groups in total. The molecule has 0 bridgehead atoms. The van der Waals surface area contributed by atoms with E-state index in [2.05, 4.69) is 5.32 Å². The van der Waals surface area contributed by atoms with Gasteiger partial charge in [0.2, 0.25) is 0 Å². The van der Waals surface area contributed by atoms with Crippen molar-refractivity contribution in [1.29, 1.82) is 0 Å². The monoisotopic (exact) mass is 171 g/mol.